The average molecular weight is 218 g/mol. The van der Waals surface area contributed by atoms with Gasteiger partial charge in [0.05, 0.1) is 7.11 Å². The van der Waals surface area contributed by atoms with Crippen LogP contribution < -0.4 is 9.47 Å². The molecule has 0 heterocycles. The van der Waals surface area contributed by atoms with Crippen molar-refractivity contribution in [2.75, 3.05) is 7.11 Å². The van der Waals surface area contributed by atoms with Crippen LogP contribution in [0.5, 0.6) is 17.2 Å². The molecule has 82 valence electrons. The first-order chi connectivity index (χ1) is 7.79. The first-order valence-corrected chi connectivity index (χ1v) is 4.86. The number of halogens is 1. The fourth-order valence-electron chi connectivity index (χ4n) is 1.30. The van der Waals surface area contributed by atoms with Crippen LogP contribution in [0.3, 0.4) is 0 Å². The van der Waals surface area contributed by atoms with E-state index in [4.69, 9.17) is 9.47 Å². The van der Waals surface area contributed by atoms with Gasteiger partial charge in [-0.25, -0.2) is 4.39 Å². The molecule has 0 saturated heterocycles. The van der Waals surface area contributed by atoms with Crippen LogP contribution in [0, 0.1) is 5.82 Å². The molecule has 2 aromatic carbocycles. The number of rotatable bonds is 3. The van der Waals surface area contributed by atoms with Gasteiger partial charge in [-0.3, -0.25) is 0 Å². The smallest absolute Gasteiger partial charge is 0.165 e. The van der Waals surface area contributed by atoms with Crippen molar-refractivity contribution in [1.29, 1.82) is 0 Å². The number of benzene rings is 2. The molecule has 0 atom stereocenters. The first kappa shape index (κ1) is 10.5. The topological polar surface area (TPSA) is 18.5 Å². The summed E-state index contributed by atoms with van der Waals surface area (Å²) in [6.07, 6.45) is 0. The van der Waals surface area contributed by atoms with Crippen LogP contribution in [0.25, 0.3) is 0 Å². The molecule has 2 rings (SSSR count). The van der Waals surface area contributed by atoms with Crippen molar-refractivity contribution < 1.29 is 13.9 Å². The Morgan fingerprint density at radius 1 is 0.875 bits per heavy atom. The maximum Gasteiger partial charge on any atom is 0.165 e. The molecule has 0 aliphatic heterocycles. The van der Waals surface area contributed by atoms with Gasteiger partial charge in [0, 0.05) is 0 Å². The zero-order valence-corrected chi connectivity index (χ0v) is 8.81. The molecule has 0 unspecified atom stereocenters. The van der Waals surface area contributed by atoms with Crippen molar-refractivity contribution in [3.63, 3.8) is 0 Å². The van der Waals surface area contributed by atoms with Gasteiger partial charge in [0.1, 0.15) is 11.5 Å². The van der Waals surface area contributed by atoms with E-state index in [0.717, 1.165) is 5.75 Å². The Morgan fingerprint density at radius 3 is 2.12 bits per heavy atom. The minimum Gasteiger partial charge on any atom is -0.497 e. The van der Waals surface area contributed by atoms with E-state index in [9.17, 15) is 4.39 Å². The molecular formula is C13H11FO2. The Labute approximate surface area is 93.2 Å². The minimum absolute atomic E-state index is 0.215. The average Bonchev–Trinajstić information content (AvgIpc) is 2.33. The molecule has 0 saturated carbocycles. The summed E-state index contributed by atoms with van der Waals surface area (Å²) in [7, 11) is 1.59. The van der Waals surface area contributed by atoms with E-state index in [2.05, 4.69) is 0 Å². The molecule has 0 N–H and O–H groups in total. The Kier molecular flexibility index (Phi) is 3.05. The monoisotopic (exact) mass is 218 g/mol. The molecule has 16 heavy (non-hydrogen) atoms. The summed E-state index contributed by atoms with van der Waals surface area (Å²) in [5.74, 6) is 1.15. The lowest BCUT2D eigenvalue weighted by Crippen LogP contribution is -1.88. The van der Waals surface area contributed by atoms with E-state index in [1.807, 2.05) is 0 Å². The largest absolute Gasteiger partial charge is 0.497 e. The van der Waals surface area contributed by atoms with Gasteiger partial charge in [-0.2, -0.15) is 0 Å². The molecular weight excluding hydrogens is 207 g/mol. The molecule has 3 heteroatoms. The van der Waals surface area contributed by atoms with Crippen LogP contribution >= 0.6 is 0 Å². The molecule has 0 aromatic heterocycles. The van der Waals surface area contributed by atoms with Gasteiger partial charge in [0.15, 0.2) is 11.6 Å². The highest BCUT2D eigenvalue weighted by atomic mass is 19.1. The number of para-hydroxylation sites is 1. The highest BCUT2D eigenvalue weighted by molar-refractivity contribution is 5.35. The molecule has 0 amide bonds. The highest BCUT2D eigenvalue weighted by Crippen LogP contribution is 2.25. The molecule has 0 aliphatic rings. The number of ether oxygens (including phenoxy) is 2. The second-order valence-electron chi connectivity index (χ2n) is 3.21. The molecule has 0 radical (unpaired) electrons. The summed E-state index contributed by atoms with van der Waals surface area (Å²) >= 11 is 0. The van der Waals surface area contributed by atoms with Crippen LogP contribution in [-0.4, -0.2) is 7.11 Å². The third kappa shape index (κ3) is 2.31. The van der Waals surface area contributed by atoms with E-state index < -0.39 is 0 Å². The van der Waals surface area contributed by atoms with Gasteiger partial charge in [0.25, 0.3) is 0 Å². The van der Waals surface area contributed by atoms with Gasteiger partial charge in [-0.05, 0) is 36.4 Å². The quantitative estimate of drug-likeness (QED) is 0.783. The van der Waals surface area contributed by atoms with Crippen molar-refractivity contribution in [2.45, 2.75) is 0 Å². The molecule has 2 nitrogen and oxygen atoms in total. The third-order valence-corrected chi connectivity index (χ3v) is 2.12. The van der Waals surface area contributed by atoms with Crippen LogP contribution in [0.4, 0.5) is 4.39 Å². The lowest BCUT2D eigenvalue weighted by atomic mass is 10.3. The summed E-state index contributed by atoms with van der Waals surface area (Å²) < 4.78 is 23.7. The van der Waals surface area contributed by atoms with Crippen molar-refractivity contribution in [3.8, 4) is 17.2 Å². The van der Waals surface area contributed by atoms with Crippen LogP contribution in [0.2, 0.25) is 0 Å². The Morgan fingerprint density at radius 2 is 1.50 bits per heavy atom. The predicted octanol–water partition coefficient (Wildman–Crippen LogP) is 3.63. The standard InChI is InChI=1S/C13H11FO2/c1-15-10-6-8-11(9-7-10)16-13-5-3-2-4-12(13)14/h2-9H,1H3. The molecule has 0 spiro atoms. The van der Waals surface area contributed by atoms with E-state index in [0.29, 0.717) is 5.75 Å². The van der Waals surface area contributed by atoms with Crippen molar-refractivity contribution in [2.24, 2.45) is 0 Å². The molecule has 0 bridgehead atoms. The summed E-state index contributed by atoms with van der Waals surface area (Å²) in [4.78, 5) is 0. The molecule has 2 aromatic rings. The number of hydrogen-bond donors (Lipinski definition) is 0. The van der Waals surface area contributed by atoms with Crippen LogP contribution in [0.1, 0.15) is 0 Å². The Balaban J connectivity index is 2.18. The lowest BCUT2D eigenvalue weighted by molar-refractivity contribution is 0.411. The lowest BCUT2D eigenvalue weighted by Gasteiger charge is -2.06. The fourth-order valence-corrected chi connectivity index (χ4v) is 1.30. The summed E-state index contributed by atoms with van der Waals surface area (Å²) in [6.45, 7) is 0. The Bertz CT molecular complexity index is 466. The van der Waals surface area contributed by atoms with Crippen molar-refractivity contribution >= 4 is 0 Å². The van der Waals surface area contributed by atoms with Gasteiger partial charge in [-0.15, -0.1) is 0 Å². The maximum atomic E-state index is 13.3. The van der Waals surface area contributed by atoms with Crippen molar-refractivity contribution in [1.82, 2.24) is 0 Å². The third-order valence-electron chi connectivity index (χ3n) is 2.12. The van der Waals surface area contributed by atoms with Gasteiger partial charge in [-0.1, -0.05) is 12.1 Å². The zero-order chi connectivity index (χ0) is 11.4. The zero-order valence-electron chi connectivity index (χ0n) is 8.81. The van der Waals surface area contributed by atoms with Gasteiger partial charge >= 0.3 is 0 Å². The van der Waals surface area contributed by atoms with E-state index in [1.165, 1.54) is 6.07 Å². The minimum atomic E-state index is -0.377. The summed E-state index contributed by atoms with van der Waals surface area (Å²) in [5.41, 5.74) is 0. The summed E-state index contributed by atoms with van der Waals surface area (Å²) in [5, 5.41) is 0. The van der Waals surface area contributed by atoms with Gasteiger partial charge < -0.3 is 9.47 Å². The molecule has 0 fully saturated rings. The highest BCUT2D eigenvalue weighted by Gasteiger charge is 2.02. The van der Waals surface area contributed by atoms with Crippen LogP contribution in [-0.2, 0) is 0 Å². The van der Waals surface area contributed by atoms with E-state index >= 15 is 0 Å². The normalized spacial score (nSPS) is 9.88. The first-order valence-electron chi connectivity index (χ1n) is 4.86. The van der Waals surface area contributed by atoms with E-state index in [1.54, 1.807) is 49.6 Å². The van der Waals surface area contributed by atoms with Gasteiger partial charge in [0.2, 0.25) is 0 Å². The number of methoxy groups -OCH3 is 1. The second-order valence-corrected chi connectivity index (χ2v) is 3.21. The second kappa shape index (κ2) is 4.66. The van der Waals surface area contributed by atoms with Crippen molar-refractivity contribution in [3.05, 3.63) is 54.3 Å². The Hall–Kier alpha value is -2.03. The SMILES string of the molecule is COc1ccc(Oc2ccccc2F)cc1. The number of hydrogen-bond acceptors (Lipinski definition) is 2. The van der Waals surface area contributed by atoms with E-state index in [-0.39, 0.29) is 11.6 Å². The fraction of sp³-hybridized carbons (Fsp3) is 0.0769. The predicted molar refractivity (Wildman–Crippen MR) is 59.5 cm³/mol. The molecule has 0 aliphatic carbocycles. The summed E-state index contributed by atoms with van der Waals surface area (Å²) in [6, 6.07) is 13.3. The van der Waals surface area contributed by atoms with Crippen LogP contribution in [0.15, 0.2) is 48.5 Å². The maximum absolute atomic E-state index is 13.3.